The SMILES string of the molecule is CC/C(C[C@@](C)(CC)[N+](=O)[O-])=N\Nc1ccc([N+](=O)[O-])cc1[N+](=O)[O-]. The zero-order valence-corrected chi connectivity index (χ0v) is 14.1. The summed E-state index contributed by atoms with van der Waals surface area (Å²) < 4.78 is 0. The van der Waals surface area contributed by atoms with Gasteiger partial charge < -0.3 is 0 Å². The number of nitrogens with one attached hydrogen (secondary N) is 1. The fourth-order valence-electron chi connectivity index (χ4n) is 2.02. The maximum Gasteiger partial charge on any atom is 0.301 e. The van der Waals surface area contributed by atoms with Gasteiger partial charge in [0.25, 0.3) is 5.69 Å². The van der Waals surface area contributed by atoms with Crippen LogP contribution in [-0.2, 0) is 0 Å². The third-order valence-corrected chi connectivity index (χ3v) is 3.92. The lowest BCUT2D eigenvalue weighted by Crippen LogP contribution is -2.36. The first-order chi connectivity index (χ1) is 11.6. The molecule has 0 fully saturated rings. The van der Waals surface area contributed by atoms with E-state index in [4.69, 9.17) is 0 Å². The Labute approximate surface area is 143 Å². The van der Waals surface area contributed by atoms with Gasteiger partial charge in [-0.1, -0.05) is 13.8 Å². The van der Waals surface area contributed by atoms with E-state index in [0.29, 0.717) is 18.6 Å². The van der Waals surface area contributed by atoms with Crippen molar-refractivity contribution in [1.82, 2.24) is 0 Å². The van der Waals surface area contributed by atoms with Gasteiger partial charge in [0.05, 0.1) is 22.3 Å². The predicted octanol–water partition coefficient (Wildman–Crippen LogP) is 3.52. The molecule has 0 radical (unpaired) electrons. The number of hydrogen-bond acceptors (Lipinski definition) is 8. The molecule has 0 saturated heterocycles. The largest absolute Gasteiger partial charge is 0.301 e. The van der Waals surface area contributed by atoms with E-state index in [1.54, 1.807) is 13.8 Å². The highest BCUT2D eigenvalue weighted by molar-refractivity contribution is 5.86. The van der Waals surface area contributed by atoms with Crippen molar-refractivity contribution in [2.24, 2.45) is 5.10 Å². The number of nitrogens with zero attached hydrogens (tertiary/aromatic N) is 4. The summed E-state index contributed by atoms with van der Waals surface area (Å²) in [4.78, 5) is 31.1. The van der Waals surface area contributed by atoms with Crippen molar-refractivity contribution in [2.45, 2.75) is 45.6 Å². The normalized spacial score (nSPS) is 13.8. The Morgan fingerprint density at radius 2 is 1.80 bits per heavy atom. The highest BCUT2D eigenvalue weighted by Gasteiger charge is 2.36. The Hall–Kier alpha value is -3.11. The molecule has 0 unspecified atom stereocenters. The maximum atomic E-state index is 11.2. The van der Waals surface area contributed by atoms with E-state index < -0.39 is 26.8 Å². The molecule has 0 saturated carbocycles. The van der Waals surface area contributed by atoms with Crippen LogP contribution < -0.4 is 5.43 Å². The second-order valence-corrected chi connectivity index (χ2v) is 5.64. The Kier molecular flexibility index (Phi) is 6.48. The number of hydrogen-bond donors (Lipinski definition) is 1. The van der Waals surface area contributed by atoms with Crippen LogP contribution in [-0.4, -0.2) is 26.0 Å². The molecule has 1 N–H and O–H groups in total. The number of hydrazone groups is 1. The van der Waals surface area contributed by atoms with Gasteiger partial charge in [0.2, 0.25) is 5.54 Å². The van der Waals surface area contributed by atoms with E-state index in [-0.39, 0.29) is 17.0 Å². The van der Waals surface area contributed by atoms with Crippen molar-refractivity contribution in [3.63, 3.8) is 0 Å². The summed E-state index contributed by atoms with van der Waals surface area (Å²) in [7, 11) is 0. The summed E-state index contributed by atoms with van der Waals surface area (Å²) in [6.45, 7) is 4.97. The zero-order chi connectivity index (χ0) is 19.2. The standard InChI is InChI=1S/C14H19N5O6/c1-4-10(9-14(3,5-2)19(24)25)15-16-12-7-6-11(17(20)21)8-13(12)18(22)23/h6-8,16H,4-5,9H2,1-3H3/b15-10+/t14-/m1/s1. The average Bonchev–Trinajstić information content (AvgIpc) is 2.57. The Morgan fingerprint density at radius 1 is 1.16 bits per heavy atom. The number of nitro groups is 3. The van der Waals surface area contributed by atoms with Crippen molar-refractivity contribution in [2.75, 3.05) is 5.43 Å². The summed E-state index contributed by atoms with van der Waals surface area (Å²) in [5.74, 6) is 0. The first-order valence-corrected chi connectivity index (χ1v) is 7.53. The van der Waals surface area contributed by atoms with Crippen LogP contribution in [0.5, 0.6) is 0 Å². The van der Waals surface area contributed by atoms with Gasteiger partial charge in [-0.05, 0) is 12.5 Å². The molecular formula is C14H19N5O6. The Morgan fingerprint density at radius 3 is 2.24 bits per heavy atom. The molecule has 136 valence electrons. The van der Waals surface area contributed by atoms with Gasteiger partial charge in [-0.3, -0.25) is 35.8 Å². The quantitative estimate of drug-likeness (QED) is 0.404. The fourth-order valence-corrected chi connectivity index (χ4v) is 2.02. The molecule has 0 aliphatic rings. The summed E-state index contributed by atoms with van der Waals surface area (Å²) in [5, 5.41) is 37.0. The topological polar surface area (TPSA) is 154 Å². The lowest BCUT2D eigenvalue weighted by atomic mass is 9.92. The fraction of sp³-hybridized carbons (Fsp3) is 0.500. The van der Waals surface area contributed by atoms with Crippen molar-refractivity contribution >= 4 is 22.8 Å². The summed E-state index contributed by atoms with van der Waals surface area (Å²) >= 11 is 0. The van der Waals surface area contributed by atoms with Crippen molar-refractivity contribution in [3.05, 3.63) is 48.5 Å². The highest BCUT2D eigenvalue weighted by atomic mass is 16.6. The van der Waals surface area contributed by atoms with E-state index in [1.165, 1.54) is 13.0 Å². The molecule has 25 heavy (non-hydrogen) atoms. The molecule has 0 amide bonds. The second-order valence-electron chi connectivity index (χ2n) is 5.64. The Bertz CT molecular complexity index is 720. The number of rotatable bonds is 9. The van der Waals surface area contributed by atoms with Crippen molar-refractivity contribution in [1.29, 1.82) is 0 Å². The van der Waals surface area contributed by atoms with Crippen LogP contribution in [0.4, 0.5) is 17.1 Å². The summed E-state index contributed by atoms with van der Waals surface area (Å²) in [6, 6.07) is 3.12. The van der Waals surface area contributed by atoms with Crippen LogP contribution in [0.3, 0.4) is 0 Å². The van der Waals surface area contributed by atoms with Crippen LogP contribution in [0, 0.1) is 30.3 Å². The molecule has 1 aromatic carbocycles. The molecule has 0 aliphatic carbocycles. The van der Waals surface area contributed by atoms with Crippen LogP contribution in [0.2, 0.25) is 0 Å². The van der Waals surface area contributed by atoms with Crippen molar-refractivity contribution < 1.29 is 14.8 Å². The van der Waals surface area contributed by atoms with Gasteiger partial charge in [-0.25, -0.2) is 0 Å². The highest BCUT2D eigenvalue weighted by Crippen LogP contribution is 2.29. The third kappa shape index (κ3) is 4.93. The lowest BCUT2D eigenvalue weighted by molar-refractivity contribution is -0.564. The van der Waals surface area contributed by atoms with Gasteiger partial charge in [-0.15, -0.1) is 0 Å². The smallest absolute Gasteiger partial charge is 0.272 e. The molecule has 0 spiro atoms. The molecule has 1 atom stereocenters. The van der Waals surface area contributed by atoms with Crippen molar-refractivity contribution in [3.8, 4) is 0 Å². The third-order valence-electron chi connectivity index (χ3n) is 3.92. The molecule has 1 rings (SSSR count). The van der Waals surface area contributed by atoms with Crippen LogP contribution in [0.15, 0.2) is 23.3 Å². The van der Waals surface area contributed by atoms with Gasteiger partial charge in [-0.2, -0.15) is 5.10 Å². The van der Waals surface area contributed by atoms with E-state index >= 15 is 0 Å². The summed E-state index contributed by atoms with van der Waals surface area (Å²) in [6.07, 6.45) is 0.800. The minimum atomic E-state index is -1.18. The van der Waals surface area contributed by atoms with Gasteiger partial charge in [0.1, 0.15) is 5.69 Å². The minimum Gasteiger partial charge on any atom is -0.272 e. The van der Waals surface area contributed by atoms with Gasteiger partial charge >= 0.3 is 5.69 Å². The number of benzene rings is 1. The molecule has 11 heteroatoms. The van der Waals surface area contributed by atoms with Crippen LogP contribution in [0.1, 0.15) is 40.0 Å². The number of non-ortho nitro benzene ring substituents is 1. The monoisotopic (exact) mass is 353 g/mol. The predicted molar refractivity (Wildman–Crippen MR) is 91.4 cm³/mol. The molecule has 1 aromatic rings. The maximum absolute atomic E-state index is 11.2. The van der Waals surface area contributed by atoms with Crippen LogP contribution in [0.25, 0.3) is 0 Å². The molecule has 0 heterocycles. The lowest BCUT2D eigenvalue weighted by Gasteiger charge is -2.19. The summed E-state index contributed by atoms with van der Waals surface area (Å²) in [5.41, 5.74) is 0.843. The van der Waals surface area contributed by atoms with Gasteiger partial charge in [0, 0.05) is 30.0 Å². The van der Waals surface area contributed by atoms with E-state index in [2.05, 4.69) is 10.5 Å². The zero-order valence-electron chi connectivity index (χ0n) is 14.1. The molecular weight excluding hydrogens is 334 g/mol. The molecule has 0 aliphatic heterocycles. The van der Waals surface area contributed by atoms with Crippen LogP contribution >= 0.6 is 0 Å². The first kappa shape index (κ1) is 19.9. The molecule has 11 nitrogen and oxygen atoms in total. The minimum absolute atomic E-state index is 0.0270. The van der Waals surface area contributed by atoms with E-state index in [0.717, 1.165) is 12.1 Å². The van der Waals surface area contributed by atoms with E-state index in [1.807, 2.05) is 0 Å². The van der Waals surface area contributed by atoms with Gasteiger partial charge in [0.15, 0.2) is 0 Å². The first-order valence-electron chi connectivity index (χ1n) is 7.53. The average molecular weight is 353 g/mol. The Balaban J connectivity index is 3.11. The molecule has 0 aromatic heterocycles. The molecule has 0 bridgehead atoms. The number of anilines is 1. The number of nitro benzene ring substituents is 2. The second kappa shape index (κ2) is 8.13. The van der Waals surface area contributed by atoms with E-state index in [9.17, 15) is 30.3 Å².